The molecular weight excluding hydrogens is 420 g/mol. The molecule has 1 aliphatic rings. The molecule has 0 aliphatic carbocycles. The number of benzene rings is 1. The molecule has 0 radical (unpaired) electrons. The second kappa shape index (κ2) is 9.94. The van der Waals surface area contributed by atoms with Crippen LogP contribution in [0, 0.1) is 0 Å². The summed E-state index contributed by atoms with van der Waals surface area (Å²) in [5.41, 5.74) is 1.01. The van der Waals surface area contributed by atoms with E-state index in [1.807, 2.05) is 20.8 Å². The molecule has 1 saturated heterocycles. The summed E-state index contributed by atoms with van der Waals surface area (Å²) in [6, 6.07) is 7.39. The van der Waals surface area contributed by atoms with Crippen molar-refractivity contribution in [3.63, 3.8) is 0 Å². The van der Waals surface area contributed by atoms with Crippen molar-refractivity contribution in [1.82, 2.24) is 9.88 Å². The molecule has 0 bridgehead atoms. The van der Waals surface area contributed by atoms with Gasteiger partial charge < -0.3 is 19.5 Å². The fourth-order valence-corrected chi connectivity index (χ4v) is 3.63. The molecule has 164 valence electrons. The van der Waals surface area contributed by atoms with Crippen molar-refractivity contribution in [1.29, 1.82) is 0 Å². The van der Waals surface area contributed by atoms with Gasteiger partial charge in [-0.25, -0.2) is 0 Å². The van der Waals surface area contributed by atoms with Crippen LogP contribution in [0.15, 0.2) is 48.3 Å². The van der Waals surface area contributed by atoms with Gasteiger partial charge in [0, 0.05) is 24.5 Å². The lowest BCUT2D eigenvalue weighted by atomic mass is 9.96. The minimum atomic E-state index is -0.759. The first-order valence-corrected chi connectivity index (χ1v) is 10.5. The zero-order chi connectivity index (χ0) is 22.5. The Morgan fingerprint density at radius 1 is 1.23 bits per heavy atom. The number of Topliss-reactive ketones (excluding diaryl/α,β-unsaturated/α-hetero) is 1. The number of ether oxygens (including phenoxy) is 2. The van der Waals surface area contributed by atoms with Crippen molar-refractivity contribution in [3.8, 4) is 5.75 Å². The molecule has 1 N–H and O–H groups in total. The van der Waals surface area contributed by atoms with Gasteiger partial charge in [-0.2, -0.15) is 0 Å². The highest BCUT2D eigenvalue weighted by molar-refractivity contribution is 6.46. The molecule has 0 saturated carbocycles. The van der Waals surface area contributed by atoms with E-state index in [1.54, 1.807) is 42.7 Å². The molecule has 31 heavy (non-hydrogen) atoms. The maximum atomic E-state index is 13.0. The summed E-state index contributed by atoms with van der Waals surface area (Å²) in [5.74, 6) is -1.34. The van der Waals surface area contributed by atoms with Gasteiger partial charge in [0.1, 0.15) is 11.5 Å². The number of halogens is 1. The highest BCUT2D eigenvalue weighted by Crippen LogP contribution is 2.40. The van der Waals surface area contributed by atoms with E-state index >= 15 is 0 Å². The third-order valence-corrected chi connectivity index (χ3v) is 5.16. The normalized spacial score (nSPS) is 18.1. The predicted octanol–water partition coefficient (Wildman–Crippen LogP) is 3.98. The third kappa shape index (κ3) is 4.89. The fraction of sp³-hybridized carbons (Fsp3) is 0.348. The number of hydrogen-bond donors (Lipinski definition) is 1. The first-order valence-electron chi connectivity index (χ1n) is 10.1. The Morgan fingerprint density at radius 3 is 2.58 bits per heavy atom. The highest BCUT2D eigenvalue weighted by Gasteiger charge is 2.45. The molecule has 1 fully saturated rings. The van der Waals surface area contributed by atoms with Crippen molar-refractivity contribution in [3.05, 3.63) is 64.4 Å². The third-order valence-electron chi connectivity index (χ3n) is 4.85. The number of carbonyl (C=O) groups is 2. The summed E-state index contributed by atoms with van der Waals surface area (Å²) < 4.78 is 11.1. The van der Waals surface area contributed by atoms with Gasteiger partial charge in [0.15, 0.2) is 0 Å². The maximum Gasteiger partial charge on any atom is 0.295 e. The van der Waals surface area contributed by atoms with Crippen molar-refractivity contribution in [2.45, 2.75) is 32.9 Å². The number of carbonyl (C=O) groups excluding carboxylic acids is 2. The van der Waals surface area contributed by atoms with Gasteiger partial charge in [-0.1, -0.05) is 11.6 Å². The van der Waals surface area contributed by atoms with E-state index in [4.69, 9.17) is 21.1 Å². The number of hydrogen-bond acceptors (Lipinski definition) is 6. The van der Waals surface area contributed by atoms with Crippen LogP contribution in [0.2, 0.25) is 5.02 Å². The van der Waals surface area contributed by atoms with Gasteiger partial charge in [0.05, 0.1) is 36.0 Å². The lowest BCUT2D eigenvalue weighted by molar-refractivity contribution is -0.140. The summed E-state index contributed by atoms with van der Waals surface area (Å²) in [4.78, 5) is 31.2. The van der Waals surface area contributed by atoms with Gasteiger partial charge in [0.25, 0.3) is 11.7 Å². The Kier molecular flexibility index (Phi) is 7.30. The average molecular weight is 445 g/mol. The lowest BCUT2D eigenvalue weighted by Crippen LogP contribution is -2.33. The number of nitrogens with zero attached hydrogens (tertiary/aromatic N) is 2. The Hall–Kier alpha value is -2.90. The first kappa shape index (κ1) is 22.8. The van der Waals surface area contributed by atoms with E-state index in [1.165, 1.54) is 4.90 Å². The Balaban J connectivity index is 2.08. The van der Waals surface area contributed by atoms with Crippen molar-refractivity contribution in [2.75, 3.05) is 19.8 Å². The quantitative estimate of drug-likeness (QED) is 0.376. The molecule has 2 heterocycles. The Bertz CT molecular complexity index is 991. The maximum absolute atomic E-state index is 13.0. The molecule has 1 aliphatic heterocycles. The number of aromatic nitrogens is 1. The predicted molar refractivity (Wildman–Crippen MR) is 117 cm³/mol. The molecule has 1 atom stereocenters. The smallest absolute Gasteiger partial charge is 0.295 e. The molecule has 1 aromatic heterocycles. The second-order valence-electron chi connectivity index (χ2n) is 7.27. The molecular formula is C23H25ClN2O5. The molecule has 1 aromatic carbocycles. The minimum Gasteiger partial charge on any atom is -0.507 e. The van der Waals surface area contributed by atoms with Gasteiger partial charge >= 0.3 is 0 Å². The molecule has 7 nitrogen and oxygen atoms in total. The van der Waals surface area contributed by atoms with Crippen LogP contribution in [-0.2, 0) is 14.3 Å². The average Bonchev–Trinajstić information content (AvgIpc) is 3.00. The van der Waals surface area contributed by atoms with Gasteiger partial charge in [-0.05, 0) is 56.7 Å². The molecule has 2 aromatic rings. The van der Waals surface area contributed by atoms with Gasteiger partial charge in [-0.3, -0.25) is 14.6 Å². The number of aliphatic hydroxyl groups excluding tert-OH is 1. The fourth-order valence-electron chi connectivity index (χ4n) is 3.46. The van der Waals surface area contributed by atoms with Crippen LogP contribution in [-0.4, -0.2) is 52.5 Å². The van der Waals surface area contributed by atoms with Crippen molar-refractivity contribution >= 4 is 29.1 Å². The van der Waals surface area contributed by atoms with Crippen molar-refractivity contribution < 1.29 is 24.2 Å². The number of amides is 1. The van der Waals surface area contributed by atoms with E-state index in [2.05, 4.69) is 4.98 Å². The van der Waals surface area contributed by atoms with Gasteiger partial charge in [0.2, 0.25) is 0 Å². The van der Waals surface area contributed by atoms with Crippen LogP contribution >= 0.6 is 11.6 Å². The van der Waals surface area contributed by atoms with Crippen LogP contribution in [0.25, 0.3) is 5.76 Å². The molecule has 8 heteroatoms. The van der Waals surface area contributed by atoms with Crippen LogP contribution in [0.5, 0.6) is 5.75 Å². The number of pyridine rings is 1. The summed E-state index contributed by atoms with van der Waals surface area (Å²) in [6.07, 6.45) is 3.15. The van der Waals surface area contributed by atoms with E-state index in [0.29, 0.717) is 28.5 Å². The van der Waals surface area contributed by atoms with E-state index < -0.39 is 17.7 Å². The van der Waals surface area contributed by atoms with Gasteiger partial charge in [-0.15, -0.1) is 0 Å². The highest BCUT2D eigenvalue weighted by atomic mass is 35.5. The number of likely N-dealkylation sites (tertiary alicyclic amines) is 1. The van der Waals surface area contributed by atoms with E-state index in [-0.39, 0.29) is 30.6 Å². The molecule has 3 rings (SSSR count). The standard InChI is InChI=1S/C23H25ClN2O5/c1-4-30-18-13-16(5-6-17(18)24)21(27)19-20(15-7-9-25-10-8-15)26(23(29)22(19)28)11-12-31-14(2)3/h5-10,13-14,20,27H,4,11-12H2,1-3H3/b21-19-. The largest absolute Gasteiger partial charge is 0.507 e. The Morgan fingerprint density at radius 2 is 1.94 bits per heavy atom. The van der Waals surface area contributed by atoms with Crippen LogP contribution in [0.4, 0.5) is 0 Å². The lowest BCUT2D eigenvalue weighted by Gasteiger charge is -2.25. The molecule has 1 unspecified atom stereocenters. The Labute approximate surface area is 186 Å². The second-order valence-corrected chi connectivity index (χ2v) is 7.68. The molecule has 1 amide bonds. The number of rotatable bonds is 8. The molecule has 0 spiro atoms. The van der Waals surface area contributed by atoms with Crippen LogP contribution in [0.1, 0.15) is 37.9 Å². The number of aliphatic hydroxyl groups is 1. The summed E-state index contributed by atoms with van der Waals surface area (Å²) in [5, 5.41) is 11.5. The first-order chi connectivity index (χ1) is 14.8. The zero-order valence-corrected chi connectivity index (χ0v) is 18.4. The van der Waals surface area contributed by atoms with Crippen LogP contribution < -0.4 is 4.74 Å². The van der Waals surface area contributed by atoms with E-state index in [0.717, 1.165) is 0 Å². The SMILES string of the molecule is CCOc1cc(/C(O)=C2/C(=O)C(=O)N(CCOC(C)C)C2c2ccncc2)ccc1Cl. The summed E-state index contributed by atoms with van der Waals surface area (Å²) >= 11 is 6.15. The van der Waals surface area contributed by atoms with Crippen molar-refractivity contribution in [2.24, 2.45) is 0 Å². The van der Waals surface area contributed by atoms with Crippen LogP contribution in [0.3, 0.4) is 0 Å². The zero-order valence-electron chi connectivity index (χ0n) is 17.7. The monoisotopic (exact) mass is 444 g/mol. The topological polar surface area (TPSA) is 89.0 Å². The van der Waals surface area contributed by atoms with E-state index in [9.17, 15) is 14.7 Å². The number of ketones is 1. The minimum absolute atomic E-state index is 0.00511. The summed E-state index contributed by atoms with van der Waals surface area (Å²) in [7, 11) is 0. The summed E-state index contributed by atoms with van der Waals surface area (Å²) in [6.45, 7) is 6.47.